The van der Waals surface area contributed by atoms with Gasteiger partial charge < -0.3 is 15.1 Å². The Balaban J connectivity index is 1.47. The van der Waals surface area contributed by atoms with E-state index in [0.717, 1.165) is 61.8 Å². The first-order valence-electron chi connectivity index (χ1n) is 8.50. The van der Waals surface area contributed by atoms with Gasteiger partial charge in [-0.2, -0.15) is 9.50 Å². The fourth-order valence-electron chi connectivity index (χ4n) is 2.97. The van der Waals surface area contributed by atoms with E-state index in [9.17, 15) is 0 Å². The second-order valence-corrected chi connectivity index (χ2v) is 5.96. The molecule has 0 atom stereocenters. The number of nitrogens with zero attached hydrogens (tertiary/aromatic N) is 8. The molecule has 130 valence electrons. The maximum Gasteiger partial charge on any atom is 0.227 e. The molecule has 0 aromatic carbocycles. The van der Waals surface area contributed by atoms with Crippen LogP contribution < -0.4 is 15.1 Å². The van der Waals surface area contributed by atoms with Crippen molar-refractivity contribution in [2.75, 3.05) is 47.8 Å². The lowest BCUT2D eigenvalue weighted by molar-refractivity contribution is 0.629. The molecule has 0 saturated carbocycles. The predicted octanol–water partition coefficient (Wildman–Crippen LogP) is 0.981. The molecule has 4 rings (SSSR count). The first-order valence-corrected chi connectivity index (χ1v) is 8.50. The third-order valence-electron chi connectivity index (χ3n) is 4.29. The zero-order valence-corrected chi connectivity index (χ0v) is 14.4. The van der Waals surface area contributed by atoms with Crippen LogP contribution in [0, 0.1) is 6.92 Å². The van der Waals surface area contributed by atoms with Crippen LogP contribution in [0.1, 0.15) is 12.7 Å². The zero-order valence-electron chi connectivity index (χ0n) is 14.4. The van der Waals surface area contributed by atoms with Crippen LogP contribution >= 0.6 is 0 Å². The second-order valence-electron chi connectivity index (χ2n) is 5.96. The Hall–Kier alpha value is -2.97. The maximum atomic E-state index is 4.65. The number of hydrogen-bond donors (Lipinski definition) is 1. The normalized spacial score (nSPS) is 15.0. The number of hydrogen-bond acceptors (Lipinski definition) is 8. The van der Waals surface area contributed by atoms with E-state index in [-0.39, 0.29) is 0 Å². The van der Waals surface area contributed by atoms with E-state index >= 15 is 0 Å². The molecule has 4 heterocycles. The Morgan fingerprint density at radius 3 is 2.64 bits per heavy atom. The molecule has 0 amide bonds. The molecule has 1 N–H and O–H groups in total. The van der Waals surface area contributed by atoms with E-state index < -0.39 is 0 Å². The summed E-state index contributed by atoms with van der Waals surface area (Å²) in [4.78, 5) is 13.5. The predicted molar refractivity (Wildman–Crippen MR) is 96.1 cm³/mol. The molecule has 0 aliphatic carbocycles. The molecule has 25 heavy (non-hydrogen) atoms. The van der Waals surface area contributed by atoms with Gasteiger partial charge in [0.2, 0.25) is 5.95 Å². The van der Waals surface area contributed by atoms with Gasteiger partial charge >= 0.3 is 0 Å². The van der Waals surface area contributed by atoms with Crippen LogP contribution in [0.2, 0.25) is 0 Å². The van der Waals surface area contributed by atoms with Gasteiger partial charge in [-0.25, -0.2) is 4.98 Å². The highest BCUT2D eigenvalue weighted by Gasteiger charge is 2.20. The Morgan fingerprint density at radius 2 is 1.84 bits per heavy atom. The van der Waals surface area contributed by atoms with Crippen LogP contribution in [0.5, 0.6) is 0 Å². The molecule has 9 heteroatoms. The molecule has 0 spiro atoms. The molecular formula is C16H21N9. The lowest BCUT2D eigenvalue weighted by Crippen LogP contribution is -2.47. The highest BCUT2D eigenvalue weighted by Crippen LogP contribution is 2.18. The van der Waals surface area contributed by atoms with Crippen molar-refractivity contribution >= 4 is 23.2 Å². The van der Waals surface area contributed by atoms with Gasteiger partial charge in [-0.05, 0) is 32.0 Å². The summed E-state index contributed by atoms with van der Waals surface area (Å²) >= 11 is 0. The van der Waals surface area contributed by atoms with Gasteiger partial charge in [-0.1, -0.05) is 0 Å². The minimum Gasteiger partial charge on any atom is -0.370 e. The van der Waals surface area contributed by atoms with Gasteiger partial charge in [-0.3, -0.25) is 0 Å². The fourth-order valence-corrected chi connectivity index (χ4v) is 2.97. The van der Waals surface area contributed by atoms with E-state index in [2.05, 4.69) is 47.3 Å². The van der Waals surface area contributed by atoms with Gasteiger partial charge in [-0.15, -0.1) is 15.3 Å². The Labute approximate surface area is 145 Å². The summed E-state index contributed by atoms with van der Waals surface area (Å²) in [7, 11) is 0. The lowest BCUT2D eigenvalue weighted by Gasteiger charge is -2.35. The van der Waals surface area contributed by atoms with Gasteiger partial charge in [0.05, 0.1) is 0 Å². The van der Waals surface area contributed by atoms with Crippen molar-refractivity contribution in [1.82, 2.24) is 29.8 Å². The summed E-state index contributed by atoms with van der Waals surface area (Å²) in [5, 5.41) is 16.0. The summed E-state index contributed by atoms with van der Waals surface area (Å²) in [6.07, 6.45) is 1.80. The molecule has 1 aliphatic heterocycles. The van der Waals surface area contributed by atoms with Crippen LogP contribution in [0.25, 0.3) is 5.65 Å². The van der Waals surface area contributed by atoms with Crippen molar-refractivity contribution in [1.29, 1.82) is 0 Å². The molecule has 3 aromatic rings. The van der Waals surface area contributed by atoms with Crippen LogP contribution in [-0.4, -0.2) is 62.5 Å². The number of aromatic nitrogens is 6. The summed E-state index contributed by atoms with van der Waals surface area (Å²) < 4.78 is 1.78. The third-order valence-corrected chi connectivity index (χ3v) is 4.29. The zero-order chi connectivity index (χ0) is 17.2. The van der Waals surface area contributed by atoms with Crippen molar-refractivity contribution in [3.8, 4) is 0 Å². The third kappa shape index (κ3) is 3.04. The van der Waals surface area contributed by atoms with Crippen LogP contribution in [0.4, 0.5) is 17.6 Å². The van der Waals surface area contributed by atoms with Crippen LogP contribution in [0.3, 0.4) is 0 Å². The van der Waals surface area contributed by atoms with E-state index in [4.69, 9.17) is 0 Å². The minimum absolute atomic E-state index is 0.772. The van der Waals surface area contributed by atoms with E-state index in [0.29, 0.717) is 0 Å². The standard InChI is InChI=1S/C16H21N9/c1-3-17-13-6-7-18-16(19-13)24-10-8-23(9-11-24)15-5-4-14-21-20-12(2)25(14)22-15/h4-7H,3,8-11H2,1-2H3,(H,17,18,19). The monoisotopic (exact) mass is 339 g/mol. The van der Waals surface area contributed by atoms with Crippen molar-refractivity contribution in [2.24, 2.45) is 0 Å². The summed E-state index contributed by atoms with van der Waals surface area (Å²) in [6.45, 7) is 8.27. The maximum absolute atomic E-state index is 4.65. The molecule has 1 saturated heterocycles. The Kier molecular flexibility index (Phi) is 4.04. The van der Waals surface area contributed by atoms with Gasteiger partial charge in [0, 0.05) is 38.9 Å². The Morgan fingerprint density at radius 1 is 1.04 bits per heavy atom. The summed E-state index contributed by atoms with van der Waals surface area (Å²) in [5.41, 5.74) is 0.772. The number of nitrogens with one attached hydrogen (secondary N) is 1. The van der Waals surface area contributed by atoms with E-state index in [1.54, 1.807) is 10.7 Å². The van der Waals surface area contributed by atoms with Crippen LogP contribution in [-0.2, 0) is 0 Å². The number of aryl methyl sites for hydroxylation is 1. The quantitative estimate of drug-likeness (QED) is 0.753. The Bertz CT molecular complexity index is 867. The van der Waals surface area contributed by atoms with Crippen molar-refractivity contribution < 1.29 is 0 Å². The van der Waals surface area contributed by atoms with Gasteiger partial charge in [0.25, 0.3) is 0 Å². The average Bonchev–Trinajstić information content (AvgIpc) is 3.03. The van der Waals surface area contributed by atoms with Crippen LogP contribution in [0.15, 0.2) is 24.4 Å². The fraction of sp³-hybridized carbons (Fsp3) is 0.438. The van der Waals surface area contributed by atoms with E-state index in [1.165, 1.54) is 0 Å². The highest BCUT2D eigenvalue weighted by atomic mass is 15.4. The molecule has 1 aliphatic rings. The number of fused-ring (bicyclic) bond motifs is 1. The second kappa shape index (κ2) is 6.50. The van der Waals surface area contributed by atoms with Crippen molar-refractivity contribution in [3.05, 3.63) is 30.2 Å². The SMILES string of the molecule is CCNc1ccnc(N2CCN(c3ccc4nnc(C)n4n3)CC2)n1. The van der Waals surface area contributed by atoms with Crippen molar-refractivity contribution in [3.63, 3.8) is 0 Å². The number of piperazine rings is 1. The smallest absolute Gasteiger partial charge is 0.227 e. The number of anilines is 3. The molecule has 3 aromatic heterocycles. The summed E-state index contributed by atoms with van der Waals surface area (Å²) in [6, 6.07) is 5.85. The lowest BCUT2D eigenvalue weighted by atomic mass is 10.3. The summed E-state index contributed by atoms with van der Waals surface area (Å²) in [5.74, 6) is 3.38. The topological polar surface area (TPSA) is 87.4 Å². The van der Waals surface area contributed by atoms with Gasteiger partial charge in [0.15, 0.2) is 11.5 Å². The van der Waals surface area contributed by atoms with E-state index in [1.807, 2.05) is 25.1 Å². The van der Waals surface area contributed by atoms with Crippen molar-refractivity contribution in [2.45, 2.75) is 13.8 Å². The molecular weight excluding hydrogens is 318 g/mol. The molecule has 0 radical (unpaired) electrons. The highest BCUT2D eigenvalue weighted by molar-refractivity contribution is 5.48. The molecule has 1 fully saturated rings. The molecule has 0 unspecified atom stereocenters. The molecule has 0 bridgehead atoms. The molecule has 9 nitrogen and oxygen atoms in total. The van der Waals surface area contributed by atoms with Gasteiger partial charge in [0.1, 0.15) is 11.6 Å². The first-order chi connectivity index (χ1) is 12.2. The average molecular weight is 339 g/mol. The minimum atomic E-state index is 0.772. The number of rotatable bonds is 4. The first kappa shape index (κ1) is 15.6. The largest absolute Gasteiger partial charge is 0.370 e.